The molecule has 0 aliphatic rings. The van der Waals surface area contributed by atoms with Crippen LogP contribution in [-0.4, -0.2) is 9.97 Å². The molecule has 0 unspecified atom stereocenters. The fourth-order valence-corrected chi connectivity index (χ4v) is 3.57. The summed E-state index contributed by atoms with van der Waals surface area (Å²) in [6.45, 7) is 4.11. The minimum Gasteiger partial charge on any atom is -0.359 e. The molecule has 0 amide bonds. The number of hydrogen-bond acceptors (Lipinski definition) is 2. The summed E-state index contributed by atoms with van der Waals surface area (Å²) in [4.78, 5) is 7.29. The van der Waals surface area contributed by atoms with Crippen LogP contribution < -0.4 is 5.32 Å². The number of aromatic amines is 1. The molecule has 0 aliphatic carbocycles. The lowest BCUT2D eigenvalue weighted by Gasteiger charge is -2.09. The van der Waals surface area contributed by atoms with Crippen molar-refractivity contribution in [2.75, 3.05) is 5.32 Å². The van der Waals surface area contributed by atoms with Crippen LogP contribution in [0.25, 0.3) is 16.6 Å². The molecule has 0 fully saturated rings. The smallest absolute Gasteiger partial charge is 0.359 e. The number of halogens is 3. The molecule has 2 aromatic heterocycles. The van der Waals surface area contributed by atoms with Gasteiger partial charge in [0.15, 0.2) is 0 Å². The van der Waals surface area contributed by atoms with E-state index in [2.05, 4.69) is 34.0 Å². The topological polar surface area (TPSA) is 40.7 Å². The highest BCUT2D eigenvalue weighted by Crippen LogP contribution is 2.30. The molecule has 0 spiro atoms. The monoisotopic (exact) mass is 421 g/mol. The van der Waals surface area contributed by atoms with Crippen LogP contribution in [0.3, 0.4) is 0 Å². The van der Waals surface area contributed by atoms with E-state index in [0.29, 0.717) is 0 Å². The average molecular weight is 421 g/mol. The Labute approximate surface area is 178 Å². The molecular formula is C25H22F3N3. The molecule has 4 aromatic rings. The number of nitrogens with zero attached hydrogens (tertiary/aromatic N) is 1. The largest absolute Gasteiger partial charge is 0.416 e. The summed E-state index contributed by atoms with van der Waals surface area (Å²) in [5.74, 6) is 0. The zero-order valence-electron chi connectivity index (χ0n) is 16.8. The Hall–Kier alpha value is -3.54. The fraction of sp³-hybridized carbons (Fsp3) is 0.160. The lowest BCUT2D eigenvalue weighted by molar-refractivity contribution is -0.137. The predicted molar refractivity (Wildman–Crippen MR) is 119 cm³/mol. The van der Waals surface area contributed by atoms with Gasteiger partial charge in [0.05, 0.1) is 11.3 Å². The molecule has 0 aliphatic heterocycles. The molecule has 0 radical (unpaired) electrons. The lowest BCUT2D eigenvalue weighted by Crippen LogP contribution is -2.04. The molecule has 31 heavy (non-hydrogen) atoms. The fourth-order valence-electron chi connectivity index (χ4n) is 3.57. The standard InChI is InChI=1S/C25H22F3N3/c1-17(20-11-13-29-14-12-20)31-24-16-30-23-10-7-19(15-22(23)24)4-2-3-18-5-8-21(9-6-18)25(26,27)28/h5-16,30-31H,1-4H2. The molecule has 6 heteroatoms. The number of aryl methyl sites for hydroxylation is 2. The van der Waals surface area contributed by atoms with E-state index >= 15 is 0 Å². The first-order valence-electron chi connectivity index (χ1n) is 10.0. The molecule has 3 nitrogen and oxygen atoms in total. The van der Waals surface area contributed by atoms with Crippen molar-refractivity contribution in [1.82, 2.24) is 9.97 Å². The van der Waals surface area contributed by atoms with E-state index < -0.39 is 11.7 Å². The maximum atomic E-state index is 12.7. The van der Waals surface area contributed by atoms with Gasteiger partial charge in [-0.1, -0.05) is 24.8 Å². The van der Waals surface area contributed by atoms with E-state index in [4.69, 9.17) is 0 Å². The molecule has 0 saturated heterocycles. The zero-order valence-corrected chi connectivity index (χ0v) is 16.8. The Morgan fingerprint density at radius 1 is 0.935 bits per heavy atom. The second-order valence-electron chi connectivity index (χ2n) is 7.47. The van der Waals surface area contributed by atoms with Gasteiger partial charge in [0, 0.05) is 40.8 Å². The van der Waals surface area contributed by atoms with Crippen molar-refractivity contribution >= 4 is 22.3 Å². The number of fused-ring (bicyclic) bond motifs is 1. The molecule has 0 saturated carbocycles. The summed E-state index contributed by atoms with van der Waals surface area (Å²) < 4.78 is 38.1. The summed E-state index contributed by atoms with van der Waals surface area (Å²) in [6, 6.07) is 15.5. The lowest BCUT2D eigenvalue weighted by atomic mass is 10.0. The molecule has 0 bridgehead atoms. The summed E-state index contributed by atoms with van der Waals surface area (Å²) in [5, 5.41) is 4.43. The Morgan fingerprint density at radius 3 is 2.32 bits per heavy atom. The van der Waals surface area contributed by atoms with E-state index in [-0.39, 0.29) is 0 Å². The van der Waals surface area contributed by atoms with E-state index in [1.165, 1.54) is 5.56 Å². The summed E-state index contributed by atoms with van der Waals surface area (Å²) in [5.41, 5.74) is 5.21. The number of nitrogens with one attached hydrogen (secondary N) is 2. The van der Waals surface area contributed by atoms with Gasteiger partial charge in [-0.3, -0.25) is 4.98 Å². The summed E-state index contributed by atoms with van der Waals surface area (Å²) in [6.07, 6.45) is 3.51. The highest BCUT2D eigenvalue weighted by Gasteiger charge is 2.29. The number of hydrogen-bond donors (Lipinski definition) is 2. The highest BCUT2D eigenvalue weighted by atomic mass is 19.4. The van der Waals surface area contributed by atoms with Crippen molar-refractivity contribution in [3.63, 3.8) is 0 Å². The number of anilines is 1. The van der Waals surface area contributed by atoms with Crippen molar-refractivity contribution in [3.8, 4) is 0 Å². The van der Waals surface area contributed by atoms with Crippen LogP contribution in [0.5, 0.6) is 0 Å². The van der Waals surface area contributed by atoms with Gasteiger partial charge in [-0.05, 0) is 66.8 Å². The van der Waals surface area contributed by atoms with Gasteiger partial charge >= 0.3 is 6.18 Å². The van der Waals surface area contributed by atoms with Crippen molar-refractivity contribution < 1.29 is 13.2 Å². The van der Waals surface area contributed by atoms with Crippen LogP contribution in [0.2, 0.25) is 0 Å². The molecule has 2 N–H and O–H groups in total. The normalized spacial score (nSPS) is 11.6. The molecule has 0 atom stereocenters. The van der Waals surface area contributed by atoms with E-state index in [1.807, 2.05) is 24.4 Å². The van der Waals surface area contributed by atoms with Gasteiger partial charge in [0.1, 0.15) is 0 Å². The van der Waals surface area contributed by atoms with E-state index in [1.54, 1.807) is 24.5 Å². The quantitative estimate of drug-likeness (QED) is 0.343. The molecule has 2 aromatic carbocycles. The number of aromatic nitrogens is 2. The van der Waals surface area contributed by atoms with Gasteiger partial charge in [-0.25, -0.2) is 0 Å². The van der Waals surface area contributed by atoms with Gasteiger partial charge < -0.3 is 10.3 Å². The first kappa shape index (κ1) is 20.7. The second kappa shape index (κ2) is 8.68. The van der Waals surface area contributed by atoms with Crippen molar-refractivity contribution in [2.45, 2.75) is 25.4 Å². The van der Waals surface area contributed by atoms with Crippen LogP contribution in [0, 0.1) is 0 Å². The van der Waals surface area contributed by atoms with Gasteiger partial charge in [-0.2, -0.15) is 13.2 Å². The van der Waals surface area contributed by atoms with Crippen LogP contribution in [0.1, 0.15) is 28.7 Å². The molecule has 158 valence electrons. The minimum atomic E-state index is -4.29. The van der Waals surface area contributed by atoms with Crippen molar-refractivity contribution in [1.29, 1.82) is 0 Å². The summed E-state index contributed by atoms with van der Waals surface area (Å²) in [7, 11) is 0. The van der Waals surface area contributed by atoms with Crippen molar-refractivity contribution in [2.24, 2.45) is 0 Å². The molecular weight excluding hydrogens is 399 g/mol. The van der Waals surface area contributed by atoms with Crippen LogP contribution in [0.15, 0.2) is 79.8 Å². The maximum Gasteiger partial charge on any atom is 0.416 e. The third-order valence-corrected chi connectivity index (χ3v) is 5.27. The molecule has 4 rings (SSSR count). The van der Waals surface area contributed by atoms with Gasteiger partial charge in [-0.15, -0.1) is 0 Å². The second-order valence-corrected chi connectivity index (χ2v) is 7.47. The van der Waals surface area contributed by atoms with E-state index in [9.17, 15) is 13.2 Å². The first-order valence-corrected chi connectivity index (χ1v) is 10.0. The maximum absolute atomic E-state index is 12.7. The number of H-pyrrole nitrogens is 1. The van der Waals surface area contributed by atoms with E-state index in [0.717, 1.165) is 64.8 Å². The van der Waals surface area contributed by atoms with Gasteiger partial charge in [0.2, 0.25) is 0 Å². The Morgan fingerprint density at radius 2 is 1.61 bits per heavy atom. The SMILES string of the molecule is C=C(Nc1c[nH]c2ccc(CCCc3ccc(C(F)(F)F)cc3)cc12)c1ccncc1. The zero-order chi connectivity index (χ0) is 21.8. The minimum absolute atomic E-state index is 0.609. The molecule has 2 heterocycles. The highest BCUT2D eigenvalue weighted by molar-refractivity contribution is 5.96. The van der Waals surface area contributed by atoms with Crippen LogP contribution >= 0.6 is 0 Å². The summed E-state index contributed by atoms with van der Waals surface area (Å²) >= 11 is 0. The Balaban J connectivity index is 1.41. The Kier molecular flexibility index (Phi) is 5.80. The number of pyridine rings is 1. The number of alkyl halides is 3. The van der Waals surface area contributed by atoms with Gasteiger partial charge in [0.25, 0.3) is 0 Å². The number of benzene rings is 2. The average Bonchev–Trinajstić information content (AvgIpc) is 3.16. The third-order valence-electron chi connectivity index (χ3n) is 5.27. The van der Waals surface area contributed by atoms with Crippen LogP contribution in [-0.2, 0) is 19.0 Å². The number of rotatable bonds is 7. The van der Waals surface area contributed by atoms with Crippen LogP contribution in [0.4, 0.5) is 18.9 Å². The third kappa shape index (κ3) is 4.97. The predicted octanol–water partition coefficient (Wildman–Crippen LogP) is 6.84. The first-order chi connectivity index (χ1) is 14.9. The van der Waals surface area contributed by atoms with Crippen molar-refractivity contribution in [3.05, 3.63) is 102 Å². The Bertz CT molecular complexity index is 1180.